The Morgan fingerprint density at radius 2 is 1.91 bits per heavy atom. The van der Waals surface area contributed by atoms with Crippen LogP contribution in [0.3, 0.4) is 0 Å². The first-order valence-corrected chi connectivity index (χ1v) is 4.49. The van der Waals surface area contributed by atoms with Crippen LogP contribution >= 0.6 is 0 Å². The molecule has 1 rings (SSSR count). The van der Waals surface area contributed by atoms with Gasteiger partial charge in [-0.1, -0.05) is 25.5 Å². The van der Waals surface area contributed by atoms with Crippen molar-refractivity contribution in [3.05, 3.63) is 22.8 Å². The van der Waals surface area contributed by atoms with E-state index in [1.807, 2.05) is 0 Å². The van der Waals surface area contributed by atoms with Crippen molar-refractivity contribution in [1.82, 2.24) is 0 Å². The first-order valence-electron chi connectivity index (χ1n) is 4.49. The molecule has 0 aromatic heterocycles. The molecular weight excluding hydrogens is 132 g/mol. The zero-order chi connectivity index (χ0) is 8.43. The van der Waals surface area contributed by atoms with Gasteiger partial charge in [0, 0.05) is 0 Å². The normalized spacial score (nSPS) is 19.2. The van der Waals surface area contributed by atoms with Crippen LogP contribution in [0.1, 0.15) is 40.5 Å². The first kappa shape index (κ1) is 8.58. The molecule has 0 aromatic carbocycles. The molecule has 0 bridgehead atoms. The van der Waals surface area contributed by atoms with Gasteiger partial charge in [-0.3, -0.25) is 0 Å². The highest BCUT2D eigenvalue weighted by Crippen LogP contribution is 2.28. The van der Waals surface area contributed by atoms with E-state index in [1.165, 1.54) is 18.4 Å². The van der Waals surface area contributed by atoms with E-state index >= 15 is 0 Å². The molecule has 0 atom stereocenters. The Hall–Kier alpha value is -0.520. The van der Waals surface area contributed by atoms with Crippen LogP contribution in [-0.4, -0.2) is 0 Å². The molecule has 0 aromatic rings. The molecule has 11 heavy (non-hydrogen) atoms. The summed E-state index contributed by atoms with van der Waals surface area (Å²) in [5.74, 6) is 0.699. The molecule has 0 heterocycles. The van der Waals surface area contributed by atoms with Crippen LogP contribution in [0, 0.1) is 5.92 Å². The SMILES string of the molecule is CC1=C(C)C(C(C)C)=CCC1. The summed E-state index contributed by atoms with van der Waals surface area (Å²) in [5, 5.41) is 0. The summed E-state index contributed by atoms with van der Waals surface area (Å²) in [4.78, 5) is 0. The zero-order valence-electron chi connectivity index (χ0n) is 8.07. The highest BCUT2D eigenvalue weighted by atomic mass is 14.2. The molecule has 0 aliphatic heterocycles. The largest absolute Gasteiger partial charge is 0.0805 e. The third kappa shape index (κ3) is 1.74. The molecule has 0 nitrogen and oxygen atoms in total. The van der Waals surface area contributed by atoms with Crippen LogP contribution in [0.15, 0.2) is 22.8 Å². The van der Waals surface area contributed by atoms with Gasteiger partial charge in [0.15, 0.2) is 0 Å². The molecule has 0 saturated carbocycles. The summed E-state index contributed by atoms with van der Waals surface area (Å²) in [7, 11) is 0. The van der Waals surface area contributed by atoms with Crippen LogP contribution in [0.5, 0.6) is 0 Å². The molecular formula is C11H18. The quantitative estimate of drug-likeness (QED) is 0.534. The summed E-state index contributed by atoms with van der Waals surface area (Å²) < 4.78 is 0. The Balaban J connectivity index is 2.89. The lowest BCUT2D eigenvalue weighted by molar-refractivity contribution is 0.745. The van der Waals surface area contributed by atoms with Crippen LogP contribution < -0.4 is 0 Å². The van der Waals surface area contributed by atoms with Crippen LogP contribution in [-0.2, 0) is 0 Å². The molecule has 0 amide bonds. The second kappa shape index (κ2) is 3.25. The van der Waals surface area contributed by atoms with Gasteiger partial charge >= 0.3 is 0 Å². The van der Waals surface area contributed by atoms with Crippen LogP contribution in [0.2, 0.25) is 0 Å². The van der Waals surface area contributed by atoms with Crippen molar-refractivity contribution in [2.75, 3.05) is 0 Å². The molecule has 0 spiro atoms. The number of hydrogen-bond donors (Lipinski definition) is 0. The molecule has 0 N–H and O–H groups in total. The van der Waals surface area contributed by atoms with Crippen molar-refractivity contribution in [2.24, 2.45) is 5.92 Å². The number of rotatable bonds is 1. The van der Waals surface area contributed by atoms with E-state index in [9.17, 15) is 0 Å². The van der Waals surface area contributed by atoms with E-state index in [4.69, 9.17) is 0 Å². The molecule has 1 aliphatic rings. The van der Waals surface area contributed by atoms with E-state index in [2.05, 4.69) is 33.8 Å². The van der Waals surface area contributed by atoms with Crippen LogP contribution in [0.4, 0.5) is 0 Å². The predicted molar refractivity (Wildman–Crippen MR) is 50.5 cm³/mol. The molecule has 1 aliphatic carbocycles. The Labute approximate surface area is 70.0 Å². The Morgan fingerprint density at radius 3 is 2.36 bits per heavy atom. The summed E-state index contributed by atoms with van der Waals surface area (Å²) in [6.45, 7) is 9.05. The molecule has 0 radical (unpaired) electrons. The fourth-order valence-corrected chi connectivity index (χ4v) is 1.70. The summed E-state index contributed by atoms with van der Waals surface area (Å²) in [5.41, 5.74) is 4.68. The summed E-state index contributed by atoms with van der Waals surface area (Å²) in [6, 6.07) is 0. The van der Waals surface area contributed by atoms with E-state index in [0.29, 0.717) is 5.92 Å². The summed E-state index contributed by atoms with van der Waals surface area (Å²) in [6.07, 6.45) is 4.91. The predicted octanol–water partition coefficient (Wildman–Crippen LogP) is 3.70. The minimum atomic E-state index is 0.699. The topological polar surface area (TPSA) is 0 Å². The number of allylic oxidation sites excluding steroid dienone is 4. The minimum Gasteiger partial charge on any atom is -0.0805 e. The van der Waals surface area contributed by atoms with Crippen molar-refractivity contribution in [2.45, 2.75) is 40.5 Å². The average Bonchev–Trinajstić information content (AvgIpc) is 1.94. The van der Waals surface area contributed by atoms with Gasteiger partial charge in [-0.15, -0.1) is 0 Å². The van der Waals surface area contributed by atoms with Gasteiger partial charge in [-0.05, 0) is 43.8 Å². The highest BCUT2D eigenvalue weighted by Gasteiger charge is 2.11. The highest BCUT2D eigenvalue weighted by molar-refractivity contribution is 5.37. The fraction of sp³-hybridized carbons (Fsp3) is 0.636. The zero-order valence-corrected chi connectivity index (χ0v) is 8.07. The first-order chi connectivity index (χ1) is 5.13. The van der Waals surface area contributed by atoms with Gasteiger partial charge in [-0.2, -0.15) is 0 Å². The smallest absolute Gasteiger partial charge is 0.0219 e. The second-order valence-corrected chi connectivity index (χ2v) is 3.76. The van der Waals surface area contributed by atoms with Gasteiger partial charge < -0.3 is 0 Å². The van der Waals surface area contributed by atoms with Crippen molar-refractivity contribution in [1.29, 1.82) is 0 Å². The van der Waals surface area contributed by atoms with Gasteiger partial charge in [0.2, 0.25) is 0 Å². The van der Waals surface area contributed by atoms with Crippen molar-refractivity contribution < 1.29 is 0 Å². The fourth-order valence-electron chi connectivity index (χ4n) is 1.70. The van der Waals surface area contributed by atoms with E-state index in [-0.39, 0.29) is 0 Å². The number of hydrogen-bond acceptors (Lipinski definition) is 0. The maximum Gasteiger partial charge on any atom is -0.0219 e. The molecule has 62 valence electrons. The lowest BCUT2D eigenvalue weighted by Crippen LogP contribution is -2.02. The molecule has 0 unspecified atom stereocenters. The van der Waals surface area contributed by atoms with Gasteiger partial charge in [0.05, 0.1) is 0 Å². The molecule has 0 saturated heterocycles. The lowest BCUT2D eigenvalue weighted by Gasteiger charge is -2.19. The molecule has 0 heteroatoms. The second-order valence-electron chi connectivity index (χ2n) is 3.76. The Bertz CT molecular complexity index is 204. The van der Waals surface area contributed by atoms with Crippen LogP contribution in [0.25, 0.3) is 0 Å². The maximum absolute atomic E-state index is 2.40. The molecule has 0 fully saturated rings. The van der Waals surface area contributed by atoms with Gasteiger partial charge in [0.1, 0.15) is 0 Å². The van der Waals surface area contributed by atoms with Gasteiger partial charge in [-0.25, -0.2) is 0 Å². The van der Waals surface area contributed by atoms with Crippen molar-refractivity contribution >= 4 is 0 Å². The monoisotopic (exact) mass is 150 g/mol. The lowest BCUT2D eigenvalue weighted by atomic mass is 9.87. The Kier molecular flexibility index (Phi) is 2.53. The third-order valence-electron chi connectivity index (χ3n) is 2.58. The van der Waals surface area contributed by atoms with Crippen molar-refractivity contribution in [3.63, 3.8) is 0 Å². The van der Waals surface area contributed by atoms with E-state index in [0.717, 1.165) is 0 Å². The standard InChI is InChI=1S/C11H18/c1-8(2)11-7-5-6-9(3)10(11)4/h7-8H,5-6H2,1-4H3. The minimum absolute atomic E-state index is 0.699. The van der Waals surface area contributed by atoms with Crippen molar-refractivity contribution in [3.8, 4) is 0 Å². The van der Waals surface area contributed by atoms with E-state index in [1.54, 1.807) is 11.1 Å². The maximum atomic E-state index is 2.40. The summed E-state index contributed by atoms with van der Waals surface area (Å²) >= 11 is 0. The Morgan fingerprint density at radius 1 is 1.27 bits per heavy atom. The average molecular weight is 150 g/mol. The third-order valence-corrected chi connectivity index (χ3v) is 2.58. The van der Waals surface area contributed by atoms with Gasteiger partial charge in [0.25, 0.3) is 0 Å². The van der Waals surface area contributed by atoms with E-state index < -0.39 is 0 Å².